The molecule has 0 aromatic carbocycles. The van der Waals surface area contributed by atoms with Crippen molar-refractivity contribution in [3.63, 3.8) is 0 Å². The predicted octanol–water partition coefficient (Wildman–Crippen LogP) is 18.7. The van der Waals surface area contributed by atoms with Gasteiger partial charge in [-0.2, -0.15) is 0 Å². The molecule has 378 valence electrons. The van der Waals surface area contributed by atoms with Crippen LogP contribution in [0.2, 0.25) is 0 Å². The number of esters is 3. The Bertz CT molecular complexity index is 1140. The van der Waals surface area contributed by atoms with Crippen LogP contribution in [0.5, 0.6) is 0 Å². The Hall–Kier alpha value is -2.63. The Morgan fingerprint density at radius 2 is 0.554 bits per heavy atom. The zero-order chi connectivity index (χ0) is 47.2. The Labute approximate surface area is 403 Å². The molecular formula is C59H106O6. The van der Waals surface area contributed by atoms with E-state index in [-0.39, 0.29) is 31.1 Å². The Morgan fingerprint density at radius 1 is 0.308 bits per heavy atom. The molecule has 0 aliphatic rings. The molecule has 0 radical (unpaired) electrons. The minimum Gasteiger partial charge on any atom is -0.462 e. The highest BCUT2D eigenvalue weighted by Gasteiger charge is 2.19. The smallest absolute Gasteiger partial charge is 0.306 e. The van der Waals surface area contributed by atoms with E-state index < -0.39 is 6.10 Å². The van der Waals surface area contributed by atoms with Crippen LogP contribution in [0.15, 0.2) is 48.6 Å². The van der Waals surface area contributed by atoms with Gasteiger partial charge in [-0.1, -0.05) is 223 Å². The van der Waals surface area contributed by atoms with Crippen LogP contribution in [0.3, 0.4) is 0 Å². The zero-order valence-electron chi connectivity index (χ0n) is 43.3. The van der Waals surface area contributed by atoms with Crippen molar-refractivity contribution in [2.24, 2.45) is 0 Å². The molecule has 0 saturated carbocycles. The van der Waals surface area contributed by atoms with Gasteiger partial charge in [-0.25, -0.2) is 0 Å². The SMILES string of the molecule is CCCCC/C=C\C=C/CCCCCCCCC(=O)OC(COC(=O)CCCCCCCCC/C=C\CCCCCC)COC(=O)CCCCCCCCC/C=C\CCCCCCCC. The molecule has 0 aliphatic carbocycles. The number of rotatable bonds is 51. The van der Waals surface area contributed by atoms with Crippen molar-refractivity contribution in [1.82, 2.24) is 0 Å². The first kappa shape index (κ1) is 62.4. The molecule has 0 fully saturated rings. The summed E-state index contributed by atoms with van der Waals surface area (Å²) >= 11 is 0. The van der Waals surface area contributed by atoms with Crippen molar-refractivity contribution in [1.29, 1.82) is 0 Å². The second-order valence-corrected chi connectivity index (χ2v) is 18.9. The largest absolute Gasteiger partial charge is 0.462 e. The number of hydrogen-bond donors (Lipinski definition) is 0. The normalized spacial score (nSPS) is 12.4. The lowest BCUT2D eigenvalue weighted by Gasteiger charge is -2.18. The highest BCUT2D eigenvalue weighted by Crippen LogP contribution is 2.15. The topological polar surface area (TPSA) is 78.9 Å². The maximum absolute atomic E-state index is 12.8. The number of ether oxygens (including phenoxy) is 3. The molecule has 0 bridgehead atoms. The van der Waals surface area contributed by atoms with Gasteiger partial charge < -0.3 is 14.2 Å². The third-order valence-corrected chi connectivity index (χ3v) is 12.3. The summed E-state index contributed by atoms with van der Waals surface area (Å²) in [6.45, 7) is 6.60. The van der Waals surface area contributed by atoms with E-state index in [1.165, 1.54) is 186 Å². The Balaban J connectivity index is 4.39. The summed E-state index contributed by atoms with van der Waals surface area (Å²) in [4.78, 5) is 38.1. The third kappa shape index (κ3) is 52.2. The summed E-state index contributed by atoms with van der Waals surface area (Å²) in [5, 5.41) is 0. The summed E-state index contributed by atoms with van der Waals surface area (Å²) in [5.41, 5.74) is 0. The van der Waals surface area contributed by atoms with Crippen molar-refractivity contribution in [3.8, 4) is 0 Å². The molecule has 65 heavy (non-hydrogen) atoms. The van der Waals surface area contributed by atoms with E-state index in [9.17, 15) is 14.4 Å². The quantitative estimate of drug-likeness (QED) is 0.0199. The Kier molecular flexibility index (Phi) is 51.8. The van der Waals surface area contributed by atoms with Gasteiger partial charge in [0.25, 0.3) is 0 Å². The van der Waals surface area contributed by atoms with Gasteiger partial charge in [0, 0.05) is 19.3 Å². The monoisotopic (exact) mass is 911 g/mol. The van der Waals surface area contributed by atoms with Gasteiger partial charge in [-0.05, 0) is 96.3 Å². The van der Waals surface area contributed by atoms with Crippen LogP contribution in [0.25, 0.3) is 0 Å². The number of unbranched alkanes of at least 4 members (excludes halogenated alkanes) is 33. The summed E-state index contributed by atoms with van der Waals surface area (Å²) in [6, 6.07) is 0. The van der Waals surface area contributed by atoms with Gasteiger partial charge in [-0.3, -0.25) is 14.4 Å². The molecule has 0 saturated heterocycles. The molecule has 1 atom stereocenters. The average molecular weight is 911 g/mol. The highest BCUT2D eigenvalue weighted by molar-refractivity contribution is 5.71. The number of allylic oxidation sites excluding steroid dienone is 8. The third-order valence-electron chi connectivity index (χ3n) is 12.3. The first-order valence-corrected chi connectivity index (χ1v) is 28.2. The molecule has 1 unspecified atom stereocenters. The first-order chi connectivity index (χ1) is 32.0. The zero-order valence-corrected chi connectivity index (χ0v) is 43.3. The molecular weight excluding hydrogens is 805 g/mol. The molecule has 0 rings (SSSR count). The van der Waals surface area contributed by atoms with Crippen LogP contribution in [0.4, 0.5) is 0 Å². The summed E-state index contributed by atoms with van der Waals surface area (Å²) in [5.74, 6) is -0.889. The molecule has 0 heterocycles. The fourth-order valence-electron chi connectivity index (χ4n) is 8.01. The van der Waals surface area contributed by atoms with E-state index in [4.69, 9.17) is 14.2 Å². The molecule has 0 spiro atoms. The lowest BCUT2D eigenvalue weighted by atomic mass is 10.1. The standard InChI is InChI=1S/C59H106O6/c1-4-7-10-13-16-19-22-25-28-29-32-34-37-40-43-46-49-52-58(61)64-55-56(65-59(62)53-50-47-44-41-38-35-31-27-24-21-18-15-12-9-6-3)54-63-57(60)51-48-45-42-39-36-33-30-26-23-20-17-14-11-8-5-2/h18,20-21,23-25,27-28,56H,4-17,19,22,26,29-55H2,1-3H3/b21-18-,23-20-,27-24-,28-25-. The minimum absolute atomic E-state index is 0.0803. The minimum atomic E-state index is -0.782. The van der Waals surface area contributed by atoms with Crippen LogP contribution in [-0.2, 0) is 28.6 Å². The second kappa shape index (κ2) is 54.0. The van der Waals surface area contributed by atoms with Gasteiger partial charge in [0.1, 0.15) is 13.2 Å². The fraction of sp³-hybridized carbons (Fsp3) is 0.814. The second-order valence-electron chi connectivity index (χ2n) is 18.9. The molecule has 0 amide bonds. The lowest BCUT2D eigenvalue weighted by Crippen LogP contribution is -2.30. The van der Waals surface area contributed by atoms with Gasteiger partial charge in [-0.15, -0.1) is 0 Å². The van der Waals surface area contributed by atoms with E-state index in [1.54, 1.807) is 0 Å². The summed E-state index contributed by atoms with van der Waals surface area (Å²) in [7, 11) is 0. The highest BCUT2D eigenvalue weighted by atomic mass is 16.6. The van der Waals surface area contributed by atoms with Crippen LogP contribution < -0.4 is 0 Å². The van der Waals surface area contributed by atoms with Crippen LogP contribution in [0, 0.1) is 0 Å². The molecule has 0 N–H and O–H groups in total. The van der Waals surface area contributed by atoms with Gasteiger partial charge in [0.2, 0.25) is 0 Å². The van der Waals surface area contributed by atoms with Crippen LogP contribution in [-0.4, -0.2) is 37.2 Å². The van der Waals surface area contributed by atoms with Gasteiger partial charge >= 0.3 is 17.9 Å². The van der Waals surface area contributed by atoms with Crippen molar-refractivity contribution < 1.29 is 28.6 Å². The van der Waals surface area contributed by atoms with E-state index in [0.717, 1.165) is 64.2 Å². The van der Waals surface area contributed by atoms with Crippen molar-refractivity contribution in [2.45, 2.75) is 297 Å². The number of hydrogen-bond acceptors (Lipinski definition) is 6. The maximum atomic E-state index is 12.8. The Morgan fingerprint density at radius 3 is 0.908 bits per heavy atom. The van der Waals surface area contributed by atoms with Crippen LogP contribution >= 0.6 is 0 Å². The first-order valence-electron chi connectivity index (χ1n) is 28.2. The molecule has 0 aromatic rings. The molecule has 0 aliphatic heterocycles. The van der Waals surface area contributed by atoms with Crippen molar-refractivity contribution >= 4 is 17.9 Å². The van der Waals surface area contributed by atoms with Gasteiger partial charge in [0.15, 0.2) is 6.10 Å². The predicted molar refractivity (Wildman–Crippen MR) is 279 cm³/mol. The lowest BCUT2D eigenvalue weighted by molar-refractivity contribution is -0.167. The van der Waals surface area contributed by atoms with E-state index >= 15 is 0 Å². The fourth-order valence-corrected chi connectivity index (χ4v) is 8.01. The molecule has 6 heteroatoms. The van der Waals surface area contributed by atoms with Gasteiger partial charge in [0.05, 0.1) is 0 Å². The summed E-state index contributed by atoms with van der Waals surface area (Å²) in [6.07, 6.45) is 65.2. The number of carbonyl (C=O) groups is 3. The number of carbonyl (C=O) groups excluding carboxylic acids is 3. The maximum Gasteiger partial charge on any atom is 0.306 e. The molecule has 6 nitrogen and oxygen atoms in total. The van der Waals surface area contributed by atoms with Crippen molar-refractivity contribution in [2.75, 3.05) is 13.2 Å². The van der Waals surface area contributed by atoms with Crippen molar-refractivity contribution in [3.05, 3.63) is 48.6 Å². The average Bonchev–Trinajstić information content (AvgIpc) is 3.30. The molecule has 0 aromatic heterocycles. The van der Waals surface area contributed by atoms with Crippen LogP contribution in [0.1, 0.15) is 290 Å². The van der Waals surface area contributed by atoms with E-state index in [1.807, 2.05) is 0 Å². The van der Waals surface area contributed by atoms with E-state index in [2.05, 4.69) is 69.4 Å². The summed E-state index contributed by atoms with van der Waals surface area (Å²) < 4.78 is 16.8. The van der Waals surface area contributed by atoms with E-state index in [0.29, 0.717) is 19.3 Å².